The highest BCUT2D eigenvalue weighted by Gasteiger charge is 2.13. The molecule has 0 aromatic heterocycles. The first-order chi connectivity index (χ1) is 8.58. The molecule has 0 saturated carbocycles. The van der Waals surface area contributed by atoms with Crippen LogP contribution in [0.25, 0.3) is 0 Å². The first-order valence-electron chi connectivity index (χ1n) is 5.14. The molecular weight excluding hydrogens is 290 g/mol. The summed E-state index contributed by atoms with van der Waals surface area (Å²) in [6.07, 6.45) is 0. The molecule has 0 aliphatic carbocycles. The van der Waals surface area contributed by atoms with Crippen molar-refractivity contribution in [1.29, 1.82) is 5.41 Å². The SMILES string of the molecule is Cl.N=C(N)c1c(F)cccc1Oc1ccc(Cl)cc1. The van der Waals surface area contributed by atoms with Gasteiger partial charge in [0.2, 0.25) is 0 Å². The van der Waals surface area contributed by atoms with Gasteiger partial charge in [0, 0.05) is 5.02 Å². The van der Waals surface area contributed by atoms with Crippen molar-refractivity contribution in [3.05, 3.63) is 58.9 Å². The predicted octanol–water partition coefficient (Wildman–Crippen LogP) is 3.98. The summed E-state index contributed by atoms with van der Waals surface area (Å²) in [5.74, 6) is -0.275. The molecule has 2 aromatic rings. The maximum Gasteiger partial charge on any atom is 0.141 e. The summed E-state index contributed by atoms with van der Waals surface area (Å²) in [5, 5.41) is 7.93. The number of hydrogen-bond donors (Lipinski definition) is 2. The minimum Gasteiger partial charge on any atom is -0.456 e. The van der Waals surface area contributed by atoms with Crippen molar-refractivity contribution in [3.63, 3.8) is 0 Å². The minimum absolute atomic E-state index is 0. The van der Waals surface area contributed by atoms with E-state index in [-0.39, 0.29) is 29.6 Å². The number of rotatable bonds is 3. The van der Waals surface area contributed by atoms with Gasteiger partial charge in [0.1, 0.15) is 23.2 Å². The zero-order valence-electron chi connectivity index (χ0n) is 9.69. The summed E-state index contributed by atoms with van der Waals surface area (Å²) < 4.78 is 19.0. The Morgan fingerprint density at radius 2 is 1.79 bits per heavy atom. The first-order valence-corrected chi connectivity index (χ1v) is 5.52. The van der Waals surface area contributed by atoms with E-state index in [0.717, 1.165) is 0 Å². The lowest BCUT2D eigenvalue weighted by Gasteiger charge is -2.10. The van der Waals surface area contributed by atoms with Crippen molar-refractivity contribution in [2.24, 2.45) is 5.73 Å². The highest BCUT2D eigenvalue weighted by Crippen LogP contribution is 2.27. The summed E-state index contributed by atoms with van der Waals surface area (Å²) in [6, 6.07) is 10.9. The Kier molecular flexibility index (Phi) is 5.15. The molecule has 0 saturated heterocycles. The number of halogens is 3. The third kappa shape index (κ3) is 3.59. The molecule has 0 radical (unpaired) electrons. The van der Waals surface area contributed by atoms with Gasteiger partial charge in [-0.2, -0.15) is 0 Å². The van der Waals surface area contributed by atoms with Gasteiger partial charge in [-0.3, -0.25) is 5.41 Å². The number of nitrogens with one attached hydrogen (secondary N) is 1. The van der Waals surface area contributed by atoms with Crippen LogP contribution in [0.15, 0.2) is 42.5 Å². The Bertz CT molecular complexity index is 588. The fraction of sp³-hybridized carbons (Fsp3) is 0. The molecule has 0 amide bonds. The summed E-state index contributed by atoms with van der Waals surface area (Å²) in [6.45, 7) is 0. The van der Waals surface area contributed by atoms with E-state index >= 15 is 0 Å². The quantitative estimate of drug-likeness (QED) is 0.665. The fourth-order valence-electron chi connectivity index (χ4n) is 1.48. The lowest BCUT2D eigenvalue weighted by Crippen LogP contribution is -2.14. The van der Waals surface area contributed by atoms with Crippen molar-refractivity contribution in [1.82, 2.24) is 0 Å². The average Bonchev–Trinajstić information content (AvgIpc) is 2.32. The van der Waals surface area contributed by atoms with E-state index in [1.54, 1.807) is 30.3 Å². The van der Waals surface area contributed by atoms with Gasteiger partial charge in [-0.15, -0.1) is 12.4 Å². The van der Waals surface area contributed by atoms with Gasteiger partial charge in [0.05, 0.1) is 5.56 Å². The number of benzene rings is 2. The third-order valence-electron chi connectivity index (χ3n) is 2.29. The average molecular weight is 301 g/mol. The zero-order valence-corrected chi connectivity index (χ0v) is 11.3. The van der Waals surface area contributed by atoms with E-state index in [1.165, 1.54) is 12.1 Å². The van der Waals surface area contributed by atoms with Crippen LogP contribution in [0.3, 0.4) is 0 Å². The van der Waals surface area contributed by atoms with Gasteiger partial charge in [0.25, 0.3) is 0 Å². The Morgan fingerprint density at radius 3 is 2.37 bits per heavy atom. The highest BCUT2D eigenvalue weighted by molar-refractivity contribution is 6.30. The molecule has 6 heteroatoms. The molecule has 0 heterocycles. The zero-order chi connectivity index (χ0) is 13.1. The van der Waals surface area contributed by atoms with Crippen LogP contribution in [0.5, 0.6) is 11.5 Å². The molecule has 2 aromatic carbocycles. The van der Waals surface area contributed by atoms with Crippen molar-refractivity contribution in [3.8, 4) is 11.5 Å². The molecule has 3 N–H and O–H groups in total. The second-order valence-electron chi connectivity index (χ2n) is 3.58. The topological polar surface area (TPSA) is 59.1 Å². The second-order valence-corrected chi connectivity index (χ2v) is 4.02. The van der Waals surface area contributed by atoms with E-state index in [1.807, 2.05) is 0 Å². The molecule has 0 fully saturated rings. The van der Waals surface area contributed by atoms with Crippen molar-refractivity contribution < 1.29 is 9.13 Å². The number of amidine groups is 1. The van der Waals surface area contributed by atoms with Crippen LogP contribution in [0.1, 0.15) is 5.56 Å². The van der Waals surface area contributed by atoms with E-state index in [0.29, 0.717) is 10.8 Å². The maximum atomic E-state index is 13.5. The molecule has 100 valence electrons. The molecule has 2 rings (SSSR count). The third-order valence-corrected chi connectivity index (χ3v) is 2.54. The van der Waals surface area contributed by atoms with E-state index in [4.69, 9.17) is 27.5 Å². The molecule has 0 unspecified atom stereocenters. The van der Waals surface area contributed by atoms with E-state index in [9.17, 15) is 4.39 Å². The van der Waals surface area contributed by atoms with E-state index in [2.05, 4.69) is 0 Å². The summed E-state index contributed by atoms with van der Waals surface area (Å²) in [5.41, 5.74) is 5.29. The van der Waals surface area contributed by atoms with Crippen molar-refractivity contribution in [2.45, 2.75) is 0 Å². The molecule has 19 heavy (non-hydrogen) atoms. The fourth-order valence-corrected chi connectivity index (χ4v) is 1.61. The van der Waals surface area contributed by atoms with Crippen LogP contribution in [0.4, 0.5) is 4.39 Å². The van der Waals surface area contributed by atoms with Crippen molar-refractivity contribution in [2.75, 3.05) is 0 Å². The van der Waals surface area contributed by atoms with Gasteiger partial charge in [-0.1, -0.05) is 17.7 Å². The standard InChI is InChI=1S/C13H10ClFN2O.ClH/c14-8-4-6-9(7-5-8)18-11-3-1-2-10(15)12(11)13(16)17;/h1-7H,(H3,16,17);1H. The Morgan fingerprint density at radius 1 is 1.16 bits per heavy atom. The second kappa shape index (κ2) is 6.41. The van der Waals surface area contributed by atoms with Gasteiger partial charge in [-0.05, 0) is 36.4 Å². The molecule has 0 spiro atoms. The molecule has 0 aliphatic heterocycles. The van der Waals surface area contributed by atoms with Gasteiger partial charge >= 0.3 is 0 Å². The van der Waals surface area contributed by atoms with Crippen LogP contribution in [0, 0.1) is 11.2 Å². The van der Waals surface area contributed by atoms with Crippen molar-refractivity contribution >= 4 is 29.8 Å². The first kappa shape index (κ1) is 15.3. The normalized spacial score (nSPS) is 9.58. The molecule has 0 bridgehead atoms. The molecule has 0 atom stereocenters. The van der Waals surface area contributed by atoms with Gasteiger partial charge in [-0.25, -0.2) is 4.39 Å². The Hall–Kier alpha value is -1.78. The summed E-state index contributed by atoms with van der Waals surface area (Å²) >= 11 is 5.75. The minimum atomic E-state index is -0.589. The Balaban J connectivity index is 0.00000180. The number of nitrogens with two attached hydrogens (primary N) is 1. The van der Waals surface area contributed by atoms with Crippen LogP contribution in [-0.4, -0.2) is 5.84 Å². The molecular formula is C13H11Cl2FN2O. The predicted molar refractivity (Wildman–Crippen MR) is 76.2 cm³/mol. The van der Waals surface area contributed by atoms with Crippen LogP contribution in [-0.2, 0) is 0 Å². The number of nitrogen functional groups attached to an aromatic ring is 1. The van der Waals surface area contributed by atoms with Gasteiger partial charge < -0.3 is 10.5 Å². The maximum absolute atomic E-state index is 13.5. The van der Waals surface area contributed by atoms with Gasteiger partial charge in [0.15, 0.2) is 0 Å². The van der Waals surface area contributed by atoms with Crippen LogP contribution < -0.4 is 10.5 Å². The Labute approximate surface area is 121 Å². The number of ether oxygens (including phenoxy) is 1. The number of hydrogen-bond acceptors (Lipinski definition) is 2. The summed E-state index contributed by atoms with van der Waals surface area (Å²) in [7, 11) is 0. The molecule has 3 nitrogen and oxygen atoms in total. The monoisotopic (exact) mass is 300 g/mol. The van der Waals surface area contributed by atoms with Crippen LogP contribution >= 0.6 is 24.0 Å². The summed E-state index contributed by atoms with van der Waals surface area (Å²) in [4.78, 5) is 0. The van der Waals surface area contributed by atoms with Crippen LogP contribution in [0.2, 0.25) is 5.02 Å². The van der Waals surface area contributed by atoms with E-state index < -0.39 is 5.82 Å². The highest BCUT2D eigenvalue weighted by atomic mass is 35.5. The largest absolute Gasteiger partial charge is 0.456 e. The smallest absolute Gasteiger partial charge is 0.141 e. The lowest BCUT2D eigenvalue weighted by atomic mass is 10.1. The molecule has 0 aliphatic rings. The lowest BCUT2D eigenvalue weighted by molar-refractivity contribution is 0.475.